The van der Waals surface area contributed by atoms with Gasteiger partial charge in [0.15, 0.2) is 5.65 Å². The van der Waals surface area contributed by atoms with E-state index in [9.17, 15) is 4.39 Å². The summed E-state index contributed by atoms with van der Waals surface area (Å²) in [5.74, 6) is -0.278. The van der Waals surface area contributed by atoms with Crippen molar-refractivity contribution >= 4 is 27.6 Å². The quantitative estimate of drug-likeness (QED) is 0.348. The Balaban J connectivity index is 1.48. The maximum Gasteiger partial charge on any atom is 0.155 e. The zero-order chi connectivity index (χ0) is 24.1. The SMILES string of the molecule is Cc1cc(F)cc(-c2nccc3[nH]c(-c4n[nH]c5ncc(-c6cncc(N(C)C)c6)cc45)cc23)c1. The van der Waals surface area contributed by atoms with Gasteiger partial charge in [-0.2, -0.15) is 5.10 Å². The Labute approximate surface area is 200 Å². The molecule has 0 aliphatic rings. The molecule has 0 saturated heterocycles. The van der Waals surface area contributed by atoms with E-state index in [1.54, 1.807) is 6.20 Å². The number of pyridine rings is 3. The monoisotopic (exact) mass is 463 g/mol. The number of hydrogen-bond acceptors (Lipinski definition) is 5. The van der Waals surface area contributed by atoms with E-state index in [1.165, 1.54) is 12.1 Å². The molecule has 2 N–H and O–H groups in total. The summed E-state index contributed by atoms with van der Waals surface area (Å²) in [4.78, 5) is 19.0. The average molecular weight is 464 g/mol. The Hall–Kier alpha value is -4.59. The molecular formula is C27H22FN7. The van der Waals surface area contributed by atoms with E-state index < -0.39 is 0 Å². The van der Waals surface area contributed by atoms with Crippen molar-refractivity contribution in [3.05, 3.63) is 78.6 Å². The number of nitrogens with zero attached hydrogens (tertiary/aromatic N) is 5. The van der Waals surface area contributed by atoms with Gasteiger partial charge in [0.05, 0.1) is 23.3 Å². The second-order valence-corrected chi connectivity index (χ2v) is 8.84. The van der Waals surface area contributed by atoms with Crippen molar-refractivity contribution in [2.24, 2.45) is 0 Å². The molecule has 6 aromatic rings. The molecule has 35 heavy (non-hydrogen) atoms. The second-order valence-electron chi connectivity index (χ2n) is 8.84. The number of aromatic nitrogens is 6. The van der Waals surface area contributed by atoms with Gasteiger partial charge in [-0.1, -0.05) is 0 Å². The Morgan fingerprint density at radius 3 is 2.51 bits per heavy atom. The number of aromatic amines is 2. The summed E-state index contributed by atoms with van der Waals surface area (Å²) in [6, 6.07) is 13.0. The first-order chi connectivity index (χ1) is 17.0. The molecule has 8 heteroatoms. The number of rotatable bonds is 4. The Bertz CT molecular complexity index is 1690. The predicted octanol–water partition coefficient (Wildman–Crippen LogP) is 5.74. The van der Waals surface area contributed by atoms with Gasteiger partial charge in [-0.15, -0.1) is 0 Å². The highest BCUT2D eigenvalue weighted by atomic mass is 19.1. The van der Waals surface area contributed by atoms with Gasteiger partial charge in [0.1, 0.15) is 11.5 Å². The molecule has 0 fully saturated rings. The van der Waals surface area contributed by atoms with Gasteiger partial charge >= 0.3 is 0 Å². The summed E-state index contributed by atoms with van der Waals surface area (Å²) < 4.78 is 14.1. The van der Waals surface area contributed by atoms with Crippen molar-refractivity contribution in [1.29, 1.82) is 0 Å². The Morgan fingerprint density at radius 1 is 0.829 bits per heavy atom. The van der Waals surface area contributed by atoms with Crippen molar-refractivity contribution in [2.45, 2.75) is 6.92 Å². The number of fused-ring (bicyclic) bond motifs is 2. The van der Waals surface area contributed by atoms with Crippen LogP contribution in [0.15, 0.2) is 67.3 Å². The first kappa shape index (κ1) is 21.0. The van der Waals surface area contributed by atoms with Gasteiger partial charge in [-0.05, 0) is 55.0 Å². The van der Waals surface area contributed by atoms with Crippen LogP contribution >= 0.6 is 0 Å². The zero-order valence-electron chi connectivity index (χ0n) is 19.5. The third-order valence-corrected chi connectivity index (χ3v) is 6.11. The van der Waals surface area contributed by atoms with Crippen LogP contribution in [0.2, 0.25) is 0 Å². The molecule has 1 aromatic carbocycles. The molecular weight excluding hydrogens is 441 g/mol. The molecule has 5 heterocycles. The minimum absolute atomic E-state index is 0.278. The van der Waals surface area contributed by atoms with E-state index in [4.69, 9.17) is 0 Å². The topological polar surface area (TPSA) is 86.4 Å². The molecule has 0 aliphatic carbocycles. The van der Waals surface area contributed by atoms with Crippen LogP contribution in [0, 0.1) is 12.7 Å². The summed E-state index contributed by atoms with van der Waals surface area (Å²) in [6.45, 7) is 1.87. The lowest BCUT2D eigenvalue weighted by Gasteiger charge is -2.12. The lowest BCUT2D eigenvalue weighted by molar-refractivity contribution is 0.627. The number of hydrogen-bond donors (Lipinski definition) is 2. The fourth-order valence-electron chi connectivity index (χ4n) is 4.38. The van der Waals surface area contributed by atoms with Crippen LogP contribution in [0.25, 0.3) is 55.7 Å². The number of H-pyrrole nitrogens is 2. The fraction of sp³-hybridized carbons (Fsp3) is 0.111. The van der Waals surface area contributed by atoms with Gasteiger partial charge in [0.25, 0.3) is 0 Å². The van der Waals surface area contributed by atoms with Gasteiger partial charge in [-0.25, -0.2) is 9.37 Å². The molecule has 7 nitrogen and oxygen atoms in total. The van der Waals surface area contributed by atoms with E-state index in [-0.39, 0.29) is 5.82 Å². The summed E-state index contributed by atoms with van der Waals surface area (Å²) in [5, 5.41) is 9.37. The molecule has 5 aromatic heterocycles. The van der Waals surface area contributed by atoms with E-state index >= 15 is 0 Å². The van der Waals surface area contributed by atoms with E-state index in [0.717, 1.165) is 61.3 Å². The third kappa shape index (κ3) is 3.69. The van der Waals surface area contributed by atoms with Crippen LogP contribution in [0.1, 0.15) is 5.56 Å². The maximum atomic E-state index is 14.1. The highest BCUT2D eigenvalue weighted by molar-refractivity contribution is 6.00. The number of benzene rings is 1. The van der Waals surface area contributed by atoms with Crippen molar-refractivity contribution < 1.29 is 4.39 Å². The van der Waals surface area contributed by atoms with Crippen molar-refractivity contribution in [3.63, 3.8) is 0 Å². The zero-order valence-corrected chi connectivity index (χ0v) is 19.5. The Morgan fingerprint density at radius 2 is 1.69 bits per heavy atom. The molecule has 0 aliphatic heterocycles. The molecule has 0 atom stereocenters. The van der Waals surface area contributed by atoms with Crippen LogP contribution in [0.5, 0.6) is 0 Å². The van der Waals surface area contributed by atoms with E-state index in [1.807, 2.05) is 62.7 Å². The number of nitrogens with one attached hydrogen (secondary N) is 2. The molecule has 0 spiro atoms. The van der Waals surface area contributed by atoms with Crippen LogP contribution < -0.4 is 4.90 Å². The van der Waals surface area contributed by atoms with Gasteiger partial charge in [0, 0.05) is 65.7 Å². The minimum Gasteiger partial charge on any atom is -0.376 e. The lowest BCUT2D eigenvalue weighted by Crippen LogP contribution is -2.08. The van der Waals surface area contributed by atoms with Crippen molar-refractivity contribution in [3.8, 4) is 33.8 Å². The molecule has 0 amide bonds. The number of aryl methyl sites for hydroxylation is 1. The molecule has 6 rings (SSSR count). The molecule has 172 valence electrons. The average Bonchev–Trinajstić information content (AvgIpc) is 3.47. The summed E-state index contributed by atoms with van der Waals surface area (Å²) in [7, 11) is 3.97. The second kappa shape index (κ2) is 8.02. The van der Waals surface area contributed by atoms with Crippen molar-refractivity contribution in [1.82, 2.24) is 30.1 Å². The molecule has 0 bridgehead atoms. The third-order valence-electron chi connectivity index (χ3n) is 6.11. The van der Waals surface area contributed by atoms with Gasteiger partial charge in [0.2, 0.25) is 0 Å². The van der Waals surface area contributed by atoms with Gasteiger partial charge < -0.3 is 9.88 Å². The first-order valence-corrected chi connectivity index (χ1v) is 11.2. The van der Waals surface area contributed by atoms with Crippen LogP contribution in [0.3, 0.4) is 0 Å². The molecule has 0 saturated carbocycles. The number of halogens is 1. The predicted molar refractivity (Wildman–Crippen MR) is 137 cm³/mol. The largest absolute Gasteiger partial charge is 0.376 e. The van der Waals surface area contributed by atoms with Crippen molar-refractivity contribution in [2.75, 3.05) is 19.0 Å². The highest BCUT2D eigenvalue weighted by Gasteiger charge is 2.16. The van der Waals surface area contributed by atoms with E-state index in [2.05, 4.69) is 42.3 Å². The molecule has 0 radical (unpaired) electrons. The van der Waals surface area contributed by atoms with Crippen LogP contribution in [-0.2, 0) is 0 Å². The Kier molecular flexibility index (Phi) is 4.81. The normalized spacial score (nSPS) is 11.4. The fourth-order valence-corrected chi connectivity index (χ4v) is 4.38. The smallest absolute Gasteiger partial charge is 0.155 e. The summed E-state index contributed by atoms with van der Waals surface area (Å²) >= 11 is 0. The minimum atomic E-state index is -0.278. The van der Waals surface area contributed by atoms with Crippen LogP contribution in [0.4, 0.5) is 10.1 Å². The summed E-state index contributed by atoms with van der Waals surface area (Å²) in [6.07, 6.45) is 7.21. The first-order valence-electron chi connectivity index (χ1n) is 11.2. The maximum absolute atomic E-state index is 14.1. The standard InChI is InChI=1S/C27H22FN7/c1-15-6-16(8-19(28)7-15)25-21-11-24(32-23(21)4-5-30-25)26-22-10-18(13-31-27(22)34-33-26)17-9-20(35(2)3)14-29-12-17/h4-14,32H,1-3H3,(H,31,33,34). The highest BCUT2D eigenvalue weighted by Crippen LogP contribution is 2.34. The summed E-state index contributed by atoms with van der Waals surface area (Å²) in [5.41, 5.74) is 8.41. The molecule has 0 unspecified atom stereocenters. The van der Waals surface area contributed by atoms with Crippen LogP contribution in [-0.4, -0.2) is 44.2 Å². The lowest BCUT2D eigenvalue weighted by atomic mass is 10.0. The number of anilines is 1. The van der Waals surface area contributed by atoms with E-state index in [0.29, 0.717) is 5.65 Å². The van der Waals surface area contributed by atoms with Gasteiger partial charge in [-0.3, -0.25) is 15.1 Å².